The van der Waals surface area contributed by atoms with Crippen molar-refractivity contribution >= 4 is 19.9 Å². The molecule has 56 valence electrons. The molecule has 0 spiro atoms. The molecule has 1 aliphatic rings. The maximum absolute atomic E-state index is 2.36. The van der Waals surface area contributed by atoms with Gasteiger partial charge in [0.25, 0.3) is 0 Å². The lowest BCUT2D eigenvalue weighted by molar-refractivity contribution is 1.13. The highest BCUT2D eigenvalue weighted by Crippen LogP contribution is 2.63. The summed E-state index contributed by atoms with van der Waals surface area (Å²) in [4.78, 5) is 0. The van der Waals surface area contributed by atoms with Gasteiger partial charge in [-0.3, -0.25) is 0 Å². The average molecular weight is 164 g/mol. The Balaban J connectivity index is 2.45. The van der Waals surface area contributed by atoms with E-state index in [-0.39, 0.29) is 9.06 Å². The average Bonchev–Trinajstić information content (AvgIpc) is 2.36. The van der Waals surface area contributed by atoms with E-state index in [0.717, 1.165) is 0 Å². The minimum absolute atomic E-state index is 0.120. The van der Waals surface area contributed by atoms with E-state index < -0.39 is 0 Å². The van der Waals surface area contributed by atoms with Crippen LogP contribution < -0.4 is 0 Å². The van der Waals surface area contributed by atoms with Crippen LogP contribution in [0.25, 0.3) is 0 Å². The van der Waals surface area contributed by atoms with Crippen molar-refractivity contribution in [3.63, 3.8) is 0 Å². The van der Waals surface area contributed by atoms with Gasteiger partial charge in [-0.2, -0.15) is 9.06 Å². The fourth-order valence-corrected chi connectivity index (χ4v) is 7.30. The first-order chi connectivity index (χ1) is 4.33. The van der Waals surface area contributed by atoms with Crippen LogP contribution in [0.1, 0.15) is 20.3 Å². The summed E-state index contributed by atoms with van der Waals surface area (Å²) in [6.07, 6.45) is 1.49. The van der Waals surface area contributed by atoms with Crippen LogP contribution >= 0.6 is 19.9 Å². The second-order valence-electron chi connectivity index (χ2n) is 2.42. The zero-order valence-corrected chi connectivity index (χ0v) is 7.99. The van der Waals surface area contributed by atoms with Crippen LogP contribution in [-0.4, -0.2) is 23.0 Å². The van der Waals surface area contributed by atoms with E-state index in [1.54, 1.807) is 5.75 Å². The van der Waals surface area contributed by atoms with Crippen molar-refractivity contribution in [1.29, 1.82) is 0 Å². The van der Waals surface area contributed by atoms with E-state index in [0.29, 0.717) is 0 Å². The lowest BCUT2D eigenvalue weighted by Crippen LogP contribution is -1.99. The van der Waals surface area contributed by atoms with Gasteiger partial charge in [-0.05, 0) is 23.7 Å². The third-order valence-corrected chi connectivity index (χ3v) is 10.1. The minimum Gasteiger partial charge on any atom is -0.193 e. The Labute approximate surface area is 63.5 Å². The zero-order chi connectivity index (χ0) is 6.74. The van der Waals surface area contributed by atoms with Crippen molar-refractivity contribution in [2.75, 3.05) is 23.0 Å². The van der Waals surface area contributed by atoms with E-state index in [4.69, 9.17) is 0 Å². The Morgan fingerprint density at radius 1 is 1.33 bits per heavy atom. The Morgan fingerprint density at radius 2 is 2.00 bits per heavy atom. The predicted molar refractivity (Wildman–Crippen MR) is 50.6 cm³/mol. The van der Waals surface area contributed by atoms with Gasteiger partial charge in [-0.1, -0.05) is 13.8 Å². The summed E-state index contributed by atoms with van der Waals surface area (Å²) in [6, 6.07) is 0. The van der Waals surface area contributed by atoms with Gasteiger partial charge < -0.3 is 0 Å². The third kappa shape index (κ3) is 1.58. The molecular weight excluding hydrogens is 148 g/mol. The first kappa shape index (κ1) is 7.80. The molecule has 0 aromatic heterocycles. The zero-order valence-electron chi connectivity index (χ0n) is 6.35. The summed E-state index contributed by atoms with van der Waals surface area (Å²) in [5, 5.41) is 0. The Hall–Kier alpha value is 0.700. The topological polar surface area (TPSA) is 0 Å². The van der Waals surface area contributed by atoms with Crippen LogP contribution in [0.3, 0.4) is 0 Å². The summed E-state index contributed by atoms with van der Waals surface area (Å²) in [6.45, 7) is 4.72. The quantitative estimate of drug-likeness (QED) is 0.566. The summed E-state index contributed by atoms with van der Waals surface area (Å²) < 4.78 is 0. The highest BCUT2D eigenvalue weighted by molar-refractivity contribution is 8.94. The van der Waals surface area contributed by atoms with Crippen molar-refractivity contribution in [3.8, 4) is 0 Å². The van der Waals surface area contributed by atoms with Crippen LogP contribution in [0.4, 0.5) is 0 Å². The maximum Gasteiger partial charge on any atom is 0.00296 e. The van der Waals surface area contributed by atoms with Crippen molar-refractivity contribution in [3.05, 3.63) is 0 Å². The van der Waals surface area contributed by atoms with Crippen LogP contribution in [-0.2, 0) is 0 Å². The molecule has 0 bridgehead atoms. The van der Waals surface area contributed by atoms with Crippen molar-refractivity contribution in [1.82, 2.24) is 0 Å². The molecule has 1 fully saturated rings. The Morgan fingerprint density at radius 3 is 2.22 bits per heavy atom. The Kier molecular flexibility index (Phi) is 2.77. The van der Waals surface area contributed by atoms with Gasteiger partial charge >= 0.3 is 0 Å². The van der Waals surface area contributed by atoms with Gasteiger partial charge in [-0.15, -0.1) is 10.8 Å². The Bertz CT molecular complexity index is 78.9. The number of hydrogen-bond acceptors (Lipinski definition) is 1. The standard InChI is InChI=1S/C7H16S2/c1-3-9(4-2)7-5-6-8-9/h3-7H2,1-2H3. The second kappa shape index (κ2) is 3.20. The largest absolute Gasteiger partial charge is 0.193 e. The van der Waals surface area contributed by atoms with Gasteiger partial charge in [-0.25, -0.2) is 0 Å². The molecule has 1 aliphatic heterocycles. The fraction of sp³-hybridized carbons (Fsp3) is 1.00. The van der Waals surface area contributed by atoms with Crippen molar-refractivity contribution in [2.45, 2.75) is 20.3 Å². The summed E-state index contributed by atoms with van der Waals surface area (Å²) in [7, 11) is 2.15. The molecular formula is C7H16S2. The molecule has 0 N–H and O–H groups in total. The van der Waals surface area contributed by atoms with E-state index in [9.17, 15) is 0 Å². The van der Waals surface area contributed by atoms with Gasteiger partial charge in [0, 0.05) is 5.75 Å². The predicted octanol–water partition coefficient (Wildman–Crippen LogP) is 2.88. The van der Waals surface area contributed by atoms with E-state index >= 15 is 0 Å². The smallest absolute Gasteiger partial charge is 0.00296 e. The fourth-order valence-electron chi connectivity index (χ4n) is 1.28. The first-order valence-electron chi connectivity index (χ1n) is 3.74. The normalized spacial score (nSPS) is 28.2. The molecule has 1 rings (SSSR count). The molecule has 0 aliphatic carbocycles. The van der Waals surface area contributed by atoms with Crippen molar-refractivity contribution in [2.24, 2.45) is 0 Å². The van der Waals surface area contributed by atoms with Gasteiger partial charge in [0.1, 0.15) is 0 Å². The number of rotatable bonds is 2. The van der Waals surface area contributed by atoms with E-state index in [1.807, 2.05) is 0 Å². The summed E-state index contributed by atoms with van der Waals surface area (Å²) >= 11 is 0. The first-order valence-corrected chi connectivity index (χ1v) is 7.38. The molecule has 0 atom stereocenters. The third-order valence-electron chi connectivity index (χ3n) is 2.05. The maximum atomic E-state index is 2.36. The molecule has 0 unspecified atom stereocenters. The van der Waals surface area contributed by atoms with Crippen LogP contribution in [0.5, 0.6) is 0 Å². The van der Waals surface area contributed by atoms with E-state index in [1.165, 1.54) is 23.7 Å². The molecule has 2 heteroatoms. The van der Waals surface area contributed by atoms with Crippen LogP contribution in [0, 0.1) is 0 Å². The van der Waals surface area contributed by atoms with Gasteiger partial charge in [0.15, 0.2) is 0 Å². The molecule has 0 saturated carbocycles. The molecule has 0 nitrogen and oxygen atoms in total. The van der Waals surface area contributed by atoms with Crippen LogP contribution in [0.2, 0.25) is 0 Å². The highest BCUT2D eigenvalue weighted by atomic mass is 33.2. The van der Waals surface area contributed by atoms with Gasteiger partial charge in [0.05, 0.1) is 0 Å². The molecule has 0 aromatic rings. The van der Waals surface area contributed by atoms with Crippen molar-refractivity contribution < 1.29 is 0 Å². The number of hydrogen-bond donors (Lipinski definition) is 0. The molecule has 0 amide bonds. The lowest BCUT2D eigenvalue weighted by atomic mass is 10.6. The molecule has 9 heavy (non-hydrogen) atoms. The molecule has 0 aromatic carbocycles. The molecule has 1 saturated heterocycles. The van der Waals surface area contributed by atoms with E-state index in [2.05, 4.69) is 24.6 Å². The SMILES string of the molecule is CCS1(CC)CCCS1. The molecule has 1 heterocycles. The van der Waals surface area contributed by atoms with Gasteiger partial charge in [0.2, 0.25) is 0 Å². The monoisotopic (exact) mass is 164 g/mol. The van der Waals surface area contributed by atoms with Crippen LogP contribution in [0.15, 0.2) is 0 Å². The molecule has 0 radical (unpaired) electrons. The minimum atomic E-state index is -0.120. The summed E-state index contributed by atoms with van der Waals surface area (Å²) in [5.41, 5.74) is 0. The second-order valence-corrected chi connectivity index (χ2v) is 9.39. The summed E-state index contributed by atoms with van der Waals surface area (Å²) in [5.74, 6) is 5.89. The highest BCUT2D eigenvalue weighted by Gasteiger charge is 2.24. The lowest BCUT2D eigenvalue weighted by Gasteiger charge is -2.31.